The molecule has 2 heteroatoms. The molecule has 0 aliphatic rings. The van der Waals surface area contributed by atoms with E-state index < -0.39 is 0 Å². The molecule has 0 aliphatic heterocycles. The third-order valence-corrected chi connectivity index (χ3v) is 2.24. The van der Waals surface area contributed by atoms with E-state index in [1.807, 2.05) is 43.3 Å². The molecule has 0 saturated heterocycles. The van der Waals surface area contributed by atoms with Gasteiger partial charge < -0.3 is 4.74 Å². The fourth-order valence-corrected chi connectivity index (χ4v) is 1.36. The highest BCUT2D eigenvalue weighted by molar-refractivity contribution is 5.31. The van der Waals surface area contributed by atoms with Crippen LogP contribution in [0.1, 0.15) is 11.1 Å². The molecule has 0 spiro atoms. The largest absolute Gasteiger partial charge is 0.489 e. The summed E-state index contributed by atoms with van der Waals surface area (Å²) in [6.07, 6.45) is 3.55. The lowest BCUT2D eigenvalue weighted by molar-refractivity contribution is 0.304. The summed E-state index contributed by atoms with van der Waals surface area (Å²) in [4.78, 5) is 3.96. The van der Waals surface area contributed by atoms with Gasteiger partial charge in [0.25, 0.3) is 0 Å². The molecule has 2 nitrogen and oxygen atoms in total. The molecule has 0 fully saturated rings. The lowest BCUT2D eigenvalue weighted by atomic mass is 10.2. The van der Waals surface area contributed by atoms with Crippen LogP contribution in [-0.2, 0) is 6.61 Å². The molecule has 0 bridgehead atoms. The van der Waals surface area contributed by atoms with E-state index in [0.29, 0.717) is 6.61 Å². The van der Waals surface area contributed by atoms with Crippen molar-refractivity contribution in [2.75, 3.05) is 0 Å². The van der Waals surface area contributed by atoms with Gasteiger partial charge >= 0.3 is 0 Å². The highest BCUT2D eigenvalue weighted by Gasteiger charge is 1.97. The van der Waals surface area contributed by atoms with Crippen LogP contribution in [0, 0.1) is 6.92 Å². The molecule has 0 amide bonds. The van der Waals surface area contributed by atoms with E-state index in [0.717, 1.165) is 16.9 Å². The number of para-hydroxylation sites is 1. The Balaban J connectivity index is 2.03. The topological polar surface area (TPSA) is 22.1 Å². The van der Waals surface area contributed by atoms with Crippen LogP contribution in [0.4, 0.5) is 0 Å². The van der Waals surface area contributed by atoms with E-state index in [4.69, 9.17) is 4.74 Å². The maximum atomic E-state index is 5.70. The minimum atomic E-state index is 0.591. The molecule has 0 atom stereocenters. The summed E-state index contributed by atoms with van der Waals surface area (Å²) < 4.78 is 5.70. The van der Waals surface area contributed by atoms with Gasteiger partial charge in [0, 0.05) is 12.4 Å². The van der Waals surface area contributed by atoms with Crippen LogP contribution in [0.5, 0.6) is 5.75 Å². The zero-order valence-electron chi connectivity index (χ0n) is 8.68. The molecule has 1 heterocycles. The van der Waals surface area contributed by atoms with Crippen LogP contribution >= 0.6 is 0 Å². The van der Waals surface area contributed by atoms with Gasteiger partial charge in [0.1, 0.15) is 12.4 Å². The lowest BCUT2D eigenvalue weighted by Crippen LogP contribution is -1.96. The first-order chi connectivity index (χ1) is 7.36. The Hall–Kier alpha value is -1.83. The number of nitrogens with zero attached hydrogens (tertiary/aromatic N) is 1. The quantitative estimate of drug-likeness (QED) is 0.758. The number of pyridine rings is 1. The van der Waals surface area contributed by atoms with Crippen LogP contribution in [0.15, 0.2) is 48.8 Å². The van der Waals surface area contributed by atoms with Gasteiger partial charge in [-0.2, -0.15) is 0 Å². The molecular formula is C13H13NO. The molecule has 76 valence electrons. The number of hydrogen-bond acceptors (Lipinski definition) is 2. The summed E-state index contributed by atoms with van der Waals surface area (Å²) in [7, 11) is 0. The van der Waals surface area contributed by atoms with Crippen molar-refractivity contribution in [1.29, 1.82) is 0 Å². The van der Waals surface area contributed by atoms with Crippen molar-refractivity contribution in [3.63, 3.8) is 0 Å². The third-order valence-electron chi connectivity index (χ3n) is 2.24. The monoisotopic (exact) mass is 199 g/mol. The molecule has 0 unspecified atom stereocenters. The average molecular weight is 199 g/mol. The van der Waals surface area contributed by atoms with E-state index in [1.165, 1.54) is 0 Å². The molecule has 15 heavy (non-hydrogen) atoms. The Morgan fingerprint density at radius 2 is 1.80 bits per heavy atom. The number of aromatic nitrogens is 1. The summed E-state index contributed by atoms with van der Waals surface area (Å²) in [5.41, 5.74) is 2.29. The standard InChI is InChI=1S/C13H13NO/c1-11-4-2-3-5-13(11)15-10-12-6-8-14-9-7-12/h2-9H,10H2,1H3. The summed E-state index contributed by atoms with van der Waals surface area (Å²) in [5.74, 6) is 0.939. The van der Waals surface area contributed by atoms with E-state index in [-0.39, 0.29) is 0 Å². The zero-order chi connectivity index (χ0) is 10.5. The second-order valence-electron chi connectivity index (χ2n) is 3.41. The van der Waals surface area contributed by atoms with Crippen LogP contribution in [0.25, 0.3) is 0 Å². The SMILES string of the molecule is Cc1ccccc1OCc1ccncc1. The molecule has 2 aromatic rings. The van der Waals surface area contributed by atoms with Gasteiger partial charge in [-0.15, -0.1) is 0 Å². The first kappa shape index (κ1) is 9.71. The Bertz CT molecular complexity index is 426. The van der Waals surface area contributed by atoms with Gasteiger partial charge in [-0.3, -0.25) is 4.98 Å². The molecule has 0 saturated carbocycles. The van der Waals surface area contributed by atoms with E-state index in [2.05, 4.69) is 4.98 Å². The Kier molecular flexibility index (Phi) is 2.98. The van der Waals surface area contributed by atoms with Gasteiger partial charge in [0.2, 0.25) is 0 Å². The third kappa shape index (κ3) is 2.56. The van der Waals surface area contributed by atoms with Gasteiger partial charge in [-0.05, 0) is 36.2 Å². The average Bonchev–Trinajstić information content (AvgIpc) is 2.29. The summed E-state index contributed by atoms with van der Waals surface area (Å²) >= 11 is 0. The summed E-state index contributed by atoms with van der Waals surface area (Å²) in [6, 6.07) is 11.9. The first-order valence-electron chi connectivity index (χ1n) is 4.93. The van der Waals surface area contributed by atoms with E-state index in [9.17, 15) is 0 Å². The first-order valence-corrected chi connectivity index (χ1v) is 4.93. The summed E-state index contributed by atoms with van der Waals surface area (Å²) in [6.45, 7) is 2.63. The zero-order valence-corrected chi connectivity index (χ0v) is 8.68. The van der Waals surface area contributed by atoms with E-state index >= 15 is 0 Å². The van der Waals surface area contributed by atoms with Crippen molar-refractivity contribution < 1.29 is 4.74 Å². The molecule has 0 N–H and O–H groups in total. The van der Waals surface area contributed by atoms with Gasteiger partial charge in [-0.25, -0.2) is 0 Å². The normalized spacial score (nSPS) is 9.93. The fourth-order valence-electron chi connectivity index (χ4n) is 1.36. The number of rotatable bonds is 3. The fraction of sp³-hybridized carbons (Fsp3) is 0.154. The maximum Gasteiger partial charge on any atom is 0.122 e. The molecule has 0 aliphatic carbocycles. The molecule has 1 aromatic heterocycles. The molecule has 1 aromatic carbocycles. The van der Waals surface area contributed by atoms with Gasteiger partial charge in [0.05, 0.1) is 0 Å². The highest BCUT2D eigenvalue weighted by atomic mass is 16.5. The van der Waals surface area contributed by atoms with Crippen LogP contribution in [0.3, 0.4) is 0 Å². The van der Waals surface area contributed by atoms with Gasteiger partial charge in [0.15, 0.2) is 0 Å². The van der Waals surface area contributed by atoms with Crippen molar-refractivity contribution in [2.45, 2.75) is 13.5 Å². The minimum absolute atomic E-state index is 0.591. The van der Waals surface area contributed by atoms with Crippen molar-refractivity contribution in [2.24, 2.45) is 0 Å². The second-order valence-corrected chi connectivity index (χ2v) is 3.41. The number of aryl methyl sites for hydroxylation is 1. The van der Waals surface area contributed by atoms with Crippen LogP contribution < -0.4 is 4.74 Å². The lowest BCUT2D eigenvalue weighted by Gasteiger charge is -2.08. The van der Waals surface area contributed by atoms with E-state index in [1.54, 1.807) is 12.4 Å². The molecule has 0 radical (unpaired) electrons. The Morgan fingerprint density at radius 3 is 2.53 bits per heavy atom. The second kappa shape index (κ2) is 4.60. The van der Waals surface area contributed by atoms with Crippen molar-refractivity contribution in [1.82, 2.24) is 4.98 Å². The Labute approximate surface area is 89.6 Å². The van der Waals surface area contributed by atoms with Crippen LogP contribution in [0.2, 0.25) is 0 Å². The minimum Gasteiger partial charge on any atom is -0.489 e. The number of ether oxygens (including phenoxy) is 1. The molecule has 2 rings (SSSR count). The van der Waals surface area contributed by atoms with Crippen molar-refractivity contribution in [3.05, 3.63) is 59.9 Å². The van der Waals surface area contributed by atoms with Crippen molar-refractivity contribution >= 4 is 0 Å². The predicted molar refractivity (Wildman–Crippen MR) is 59.7 cm³/mol. The highest BCUT2D eigenvalue weighted by Crippen LogP contribution is 2.17. The smallest absolute Gasteiger partial charge is 0.122 e. The van der Waals surface area contributed by atoms with Crippen LogP contribution in [-0.4, -0.2) is 4.98 Å². The molecular weight excluding hydrogens is 186 g/mol. The maximum absolute atomic E-state index is 5.70. The number of benzene rings is 1. The van der Waals surface area contributed by atoms with Gasteiger partial charge in [-0.1, -0.05) is 18.2 Å². The predicted octanol–water partition coefficient (Wildman–Crippen LogP) is 2.97. The van der Waals surface area contributed by atoms with Crippen molar-refractivity contribution in [3.8, 4) is 5.75 Å². The Morgan fingerprint density at radius 1 is 1.07 bits per heavy atom. The number of hydrogen-bond donors (Lipinski definition) is 0. The summed E-state index contributed by atoms with van der Waals surface area (Å²) in [5, 5.41) is 0.